The highest BCUT2D eigenvalue weighted by Gasteiger charge is 2.38. The summed E-state index contributed by atoms with van der Waals surface area (Å²) in [5.74, 6) is 0.189. The lowest BCUT2D eigenvalue weighted by molar-refractivity contribution is -0.141. The van der Waals surface area contributed by atoms with Crippen LogP contribution in [-0.2, 0) is 15.8 Å². The van der Waals surface area contributed by atoms with Gasteiger partial charge in [-0.1, -0.05) is 31.2 Å². The summed E-state index contributed by atoms with van der Waals surface area (Å²) in [4.78, 5) is 33.4. The number of amides is 1. The van der Waals surface area contributed by atoms with Crippen LogP contribution >= 0.6 is 0 Å². The molecule has 10 nitrogen and oxygen atoms in total. The number of aliphatic imine (C=N–C) groups is 1. The van der Waals surface area contributed by atoms with E-state index in [-0.39, 0.29) is 22.8 Å². The molecule has 1 fully saturated rings. The molecule has 41 heavy (non-hydrogen) atoms. The highest BCUT2D eigenvalue weighted by atomic mass is 19.4. The van der Waals surface area contributed by atoms with Gasteiger partial charge in [0, 0.05) is 42.5 Å². The number of nitrogens with one attached hydrogen (secondary N) is 1. The summed E-state index contributed by atoms with van der Waals surface area (Å²) in [5.41, 5.74) is 1.28. The maximum absolute atomic E-state index is 12.5. The van der Waals surface area contributed by atoms with Crippen molar-refractivity contribution in [2.24, 2.45) is 10.4 Å². The van der Waals surface area contributed by atoms with Gasteiger partial charge in [-0.15, -0.1) is 0 Å². The molecule has 2 heterocycles. The maximum atomic E-state index is 12.5. The zero-order chi connectivity index (χ0) is 30.5. The van der Waals surface area contributed by atoms with Gasteiger partial charge in [-0.25, -0.2) is 19.6 Å². The number of nitrogens with zero attached hydrogens (tertiary/aromatic N) is 5. The number of anilines is 1. The Hall–Kier alpha value is -4.65. The van der Waals surface area contributed by atoms with Crippen LogP contribution in [0, 0.1) is 12.3 Å². The van der Waals surface area contributed by atoms with Crippen LogP contribution in [0.25, 0.3) is 16.9 Å². The Bertz CT molecular complexity index is 1330. The molecule has 1 aliphatic rings. The number of allylic oxidation sites excluding steroid dienone is 2. The second kappa shape index (κ2) is 15.2. The van der Waals surface area contributed by atoms with E-state index in [4.69, 9.17) is 9.84 Å². The molecule has 2 N–H and O–H groups in total. The van der Waals surface area contributed by atoms with Gasteiger partial charge in [0.05, 0.1) is 5.41 Å². The molecule has 0 unspecified atom stereocenters. The second-order valence-corrected chi connectivity index (χ2v) is 8.74. The zero-order valence-corrected chi connectivity index (χ0v) is 22.6. The second-order valence-electron chi connectivity index (χ2n) is 8.74. The predicted octanol–water partition coefficient (Wildman–Crippen LogP) is 4.96. The van der Waals surface area contributed by atoms with Crippen molar-refractivity contribution in [3.8, 4) is 17.1 Å². The molecule has 0 aliphatic heterocycles. The van der Waals surface area contributed by atoms with Crippen LogP contribution in [0.1, 0.15) is 30.5 Å². The fourth-order valence-electron chi connectivity index (χ4n) is 3.67. The van der Waals surface area contributed by atoms with Crippen LogP contribution in [0.5, 0.6) is 6.01 Å². The molecule has 0 spiro atoms. The molecular formula is C28H31F3N6O4. The largest absolute Gasteiger partial charge is 0.462 e. The molecule has 1 saturated carbocycles. The Morgan fingerprint density at radius 3 is 2.24 bits per heavy atom. The first-order valence-corrected chi connectivity index (χ1v) is 12.2. The van der Waals surface area contributed by atoms with E-state index in [2.05, 4.69) is 38.7 Å². The summed E-state index contributed by atoms with van der Waals surface area (Å²) in [5, 5.41) is 13.0. The van der Waals surface area contributed by atoms with Crippen LogP contribution in [-0.4, -0.2) is 58.0 Å². The van der Waals surface area contributed by atoms with Gasteiger partial charge in [0.2, 0.25) is 6.41 Å². The van der Waals surface area contributed by atoms with Gasteiger partial charge >= 0.3 is 12.2 Å². The number of carbonyl (C=O) groups excluding carboxylic acids is 2. The number of rotatable bonds is 10. The predicted molar refractivity (Wildman–Crippen MR) is 149 cm³/mol. The number of aromatic nitrogens is 4. The maximum Gasteiger partial charge on any atom is 0.435 e. The lowest BCUT2D eigenvalue weighted by Gasteiger charge is -2.35. The summed E-state index contributed by atoms with van der Waals surface area (Å²) in [6, 6.07) is 7.64. The zero-order valence-electron chi connectivity index (χ0n) is 22.6. The first-order chi connectivity index (χ1) is 19.6. The topological polar surface area (TPSA) is 132 Å². The number of carbonyl (C=O) groups is 2. The number of aliphatic hydroxyl groups excluding tert-OH is 1. The first kappa shape index (κ1) is 32.6. The monoisotopic (exact) mass is 572 g/mol. The quantitative estimate of drug-likeness (QED) is 0.199. The molecule has 0 radical (unpaired) electrons. The highest BCUT2D eigenvalue weighted by Crippen LogP contribution is 2.39. The van der Waals surface area contributed by atoms with E-state index in [0.29, 0.717) is 13.0 Å². The highest BCUT2D eigenvalue weighted by molar-refractivity contribution is 5.73. The van der Waals surface area contributed by atoms with Gasteiger partial charge in [0.15, 0.2) is 11.5 Å². The van der Waals surface area contributed by atoms with E-state index in [1.807, 2.05) is 12.1 Å². The lowest BCUT2D eigenvalue weighted by Crippen LogP contribution is -2.37. The van der Waals surface area contributed by atoms with Crippen LogP contribution < -0.4 is 10.1 Å². The average molecular weight is 573 g/mol. The number of aryl methyl sites for hydroxylation is 1. The smallest absolute Gasteiger partial charge is 0.435 e. The van der Waals surface area contributed by atoms with Gasteiger partial charge in [0.25, 0.3) is 0 Å². The Morgan fingerprint density at radius 1 is 1.17 bits per heavy atom. The van der Waals surface area contributed by atoms with Crippen molar-refractivity contribution in [2.75, 3.05) is 19.0 Å². The summed E-state index contributed by atoms with van der Waals surface area (Å²) in [6.45, 7) is 8.34. The van der Waals surface area contributed by atoms with E-state index in [1.54, 1.807) is 24.5 Å². The average Bonchev–Trinajstić information content (AvgIpc) is 3.36. The van der Waals surface area contributed by atoms with E-state index in [9.17, 15) is 22.8 Å². The third-order valence-corrected chi connectivity index (χ3v) is 5.99. The van der Waals surface area contributed by atoms with Crippen molar-refractivity contribution in [3.05, 3.63) is 72.8 Å². The molecule has 3 aromatic rings. The summed E-state index contributed by atoms with van der Waals surface area (Å²) >= 11 is 0. The molecule has 2 aromatic heterocycles. The van der Waals surface area contributed by atoms with E-state index >= 15 is 0 Å². The SMILES string of the molecule is C=C/C=C(\N=C)n1cc(C)c(C(F)(F)F)n1.CO.O=CNc1ccc(-c2cnc(OCC3(C=O)CCC3)nc2)cc1. The number of ether oxygens (including phenoxy) is 1. The third-order valence-electron chi connectivity index (χ3n) is 5.99. The van der Waals surface area contributed by atoms with Crippen LogP contribution in [0.2, 0.25) is 0 Å². The van der Waals surface area contributed by atoms with Gasteiger partial charge in [-0.2, -0.15) is 18.3 Å². The molecule has 218 valence electrons. The van der Waals surface area contributed by atoms with Crippen molar-refractivity contribution in [2.45, 2.75) is 32.4 Å². The van der Waals surface area contributed by atoms with Gasteiger partial charge in [-0.05, 0) is 50.3 Å². The Morgan fingerprint density at radius 2 is 1.80 bits per heavy atom. The van der Waals surface area contributed by atoms with Gasteiger partial charge in [-0.3, -0.25) is 4.79 Å². The van der Waals surface area contributed by atoms with Crippen molar-refractivity contribution in [1.29, 1.82) is 0 Å². The summed E-state index contributed by atoms with van der Waals surface area (Å²) in [7, 11) is 1.00. The molecular weight excluding hydrogens is 541 g/mol. The van der Waals surface area contributed by atoms with Gasteiger partial charge in [0.1, 0.15) is 12.9 Å². The summed E-state index contributed by atoms with van der Waals surface area (Å²) < 4.78 is 43.9. The first-order valence-electron chi connectivity index (χ1n) is 12.2. The molecule has 0 bridgehead atoms. The summed E-state index contributed by atoms with van der Waals surface area (Å²) in [6.07, 6.45) is 7.38. The van der Waals surface area contributed by atoms with E-state index in [1.165, 1.54) is 25.3 Å². The number of hydrogen-bond donors (Lipinski definition) is 2. The number of aldehydes is 1. The van der Waals surface area contributed by atoms with Crippen molar-refractivity contribution in [3.63, 3.8) is 0 Å². The normalized spacial score (nSPS) is 13.7. The number of alkyl halides is 3. The van der Waals surface area contributed by atoms with E-state index < -0.39 is 11.9 Å². The molecule has 0 saturated heterocycles. The minimum atomic E-state index is -4.46. The van der Waals surface area contributed by atoms with Crippen LogP contribution in [0.15, 0.2) is 66.6 Å². The standard InChI is InChI=1S/C17H17N3O3.C10H10F3N3.CH4O/c21-10-17(6-1-7-17)11-23-16-18-8-14(9-19-16)13-2-4-15(5-3-13)20-12-22;1-4-5-8(14-3)16-6-7(2)9(15-16)10(11,12)13;1-2/h2-5,8-10,12H,1,6-7,11H2,(H,20,22);4-6H,1,3H2,2H3;2H,1H3/b;8-5+;. The number of benzene rings is 1. The Labute approximate surface area is 235 Å². The molecule has 1 aromatic carbocycles. The molecule has 0 atom stereocenters. The Balaban J connectivity index is 0.000000288. The number of aliphatic hydroxyl groups is 1. The molecule has 4 rings (SSSR count). The van der Waals surface area contributed by atoms with E-state index in [0.717, 1.165) is 54.2 Å². The van der Waals surface area contributed by atoms with Crippen molar-refractivity contribution in [1.82, 2.24) is 19.7 Å². The Kier molecular flexibility index (Phi) is 12.1. The lowest BCUT2D eigenvalue weighted by atomic mass is 9.71. The fraction of sp³-hybridized carbons (Fsp3) is 0.286. The minimum Gasteiger partial charge on any atom is -0.462 e. The van der Waals surface area contributed by atoms with Crippen LogP contribution in [0.3, 0.4) is 0 Å². The minimum absolute atomic E-state index is 0.0334. The molecule has 13 heteroatoms. The molecule has 1 amide bonds. The fourth-order valence-corrected chi connectivity index (χ4v) is 3.67. The number of hydrogen-bond acceptors (Lipinski definition) is 8. The van der Waals surface area contributed by atoms with Crippen molar-refractivity contribution < 1.29 is 32.6 Å². The van der Waals surface area contributed by atoms with Gasteiger partial charge < -0.3 is 20.0 Å². The third kappa shape index (κ3) is 8.93. The molecule has 1 aliphatic carbocycles. The number of halogens is 3. The van der Waals surface area contributed by atoms with Crippen molar-refractivity contribution >= 4 is 30.9 Å². The van der Waals surface area contributed by atoms with Crippen LogP contribution in [0.4, 0.5) is 18.9 Å².